The lowest BCUT2D eigenvalue weighted by atomic mass is 10.3. The largest absolute Gasteiger partial charge is 0.346 e. The van der Waals surface area contributed by atoms with Crippen molar-refractivity contribution in [2.24, 2.45) is 0 Å². The standard InChI is InChI=1S/C11H22N2O2/c1-5-7-13(11(3)15)9-6-8-12(4)10(2)14/h5-9H2,1-4H3. The topological polar surface area (TPSA) is 40.6 Å². The molecule has 0 saturated carbocycles. The predicted octanol–water partition coefficient (Wildman–Crippen LogP) is 1.11. The first-order chi connectivity index (χ1) is 6.99. The maximum Gasteiger partial charge on any atom is 0.219 e. The fourth-order valence-corrected chi connectivity index (χ4v) is 1.35. The van der Waals surface area contributed by atoms with Gasteiger partial charge in [-0.2, -0.15) is 0 Å². The first-order valence-electron chi connectivity index (χ1n) is 5.46. The molecule has 0 unspecified atom stereocenters. The Labute approximate surface area is 92.2 Å². The maximum atomic E-state index is 11.2. The Hall–Kier alpha value is -1.06. The quantitative estimate of drug-likeness (QED) is 0.664. The van der Waals surface area contributed by atoms with E-state index < -0.39 is 0 Å². The summed E-state index contributed by atoms with van der Waals surface area (Å²) in [6.07, 6.45) is 1.82. The molecule has 0 radical (unpaired) electrons. The van der Waals surface area contributed by atoms with E-state index in [9.17, 15) is 9.59 Å². The van der Waals surface area contributed by atoms with Crippen molar-refractivity contribution in [3.05, 3.63) is 0 Å². The summed E-state index contributed by atoms with van der Waals surface area (Å²) in [4.78, 5) is 25.6. The Morgan fingerprint density at radius 1 is 1.00 bits per heavy atom. The van der Waals surface area contributed by atoms with Crippen LogP contribution in [0.3, 0.4) is 0 Å². The second kappa shape index (κ2) is 7.26. The Kier molecular flexibility index (Phi) is 6.75. The molecule has 0 aliphatic carbocycles. The Morgan fingerprint density at radius 3 is 2.00 bits per heavy atom. The minimum absolute atomic E-state index is 0.0693. The number of rotatable bonds is 6. The molecule has 0 saturated heterocycles. The number of hydrogen-bond donors (Lipinski definition) is 0. The van der Waals surface area contributed by atoms with Crippen molar-refractivity contribution in [3.63, 3.8) is 0 Å². The fourth-order valence-electron chi connectivity index (χ4n) is 1.35. The van der Waals surface area contributed by atoms with Crippen LogP contribution in [-0.4, -0.2) is 48.3 Å². The SMILES string of the molecule is CCCN(CCCN(C)C(C)=O)C(C)=O. The zero-order chi connectivity index (χ0) is 11.8. The molecule has 0 spiro atoms. The van der Waals surface area contributed by atoms with Gasteiger partial charge >= 0.3 is 0 Å². The molecule has 0 N–H and O–H groups in total. The van der Waals surface area contributed by atoms with Crippen LogP contribution in [0.15, 0.2) is 0 Å². The minimum atomic E-state index is 0.0693. The van der Waals surface area contributed by atoms with Gasteiger partial charge in [0.15, 0.2) is 0 Å². The number of amides is 2. The summed E-state index contributed by atoms with van der Waals surface area (Å²) in [5.41, 5.74) is 0. The summed E-state index contributed by atoms with van der Waals surface area (Å²) in [6, 6.07) is 0. The molecule has 88 valence electrons. The van der Waals surface area contributed by atoms with Crippen molar-refractivity contribution in [2.45, 2.75) is 33.6 Å². The third-order valence-electron chi connectivity index (χ3n) is 2.40. The highest BCUT2D eigenvalue weighted by atomic mass is 16.2. The van der Waals surface area contributed by atoms with E-state index in [1.165, 1.54) is 0 Å². The number of carbonyl (C=O) groups excluding carboxylic acids is 2. The van der Waals surface area contributed by atoms with Crippen LogP contribution in [0.25, 0.3) is 0 Å². The van der Waals surface area contributed by atoms with Crippen LogP contribution in [-0.2, 0) is 9.59 Å². The average Bonchev–Trinajstić information content (AvgIpc) is 2.15. The molecule has 0 aromatic rings. The molecule has 0 aliphatic rings. The lowest BCUT2D eigenvalue weighted by Gasteiger charge is -2.22. The van der Waals surface area contributed by atoms with Crippen LogP contribution >= 0.6 is 0 Å². The van der Waals surface area contributed by atoms with Crippen molar-refractivity contribution >= 4 is 11.8 Å². The van der Waals surface area contributed by atoms with E-state index in [0.29, 0.717) is 6.54 Å². The molecular weight excluding hydrogens is 192 g/mol. The third kappa shape index (κ3) is 6.10. The molecule has 0 bridgehead atoms. The highest BCUT2D eigenvalue weighted by Crippen LogP contribution is 1.96. The van der Waals surface area contributed by atoms with Gasteiger partial charge < -0.3 is 9.80 Å². The van der Waals surface area contributed by atoms with Crippen LogP contribution in [0.2, 0.25) is 0 Å². The fraction of sp³-hybridized carbons (Fsp3) is 0.818. The third-order valence-corrected chi connectivity index (χ3v) is 2.40. The number of nitrogens with zero attached hydrogens (tertiary/aromatic N) is 2. The van der Waals surface area contributed by atoms with Gasteiger partial charge in [-0.25, -0.2) is 0 Å². The lowest BCUT2D eigenvalue weighted by Crippen LogP contribution is -2.33. The first kappa shape index (κ1) is 13.9. The molecule has 0 atom stereocenters. The van der Waals surface area contributed by atoms with Crippen molar-refractivity contribution in [1.29, 1.82) is 0 Å². The van der Waals surface area contributed by atoms with E-state index in [2.05, 4.69) is 6.92 Å². The second-order valence-electron chi connectivity index (χ2n) is 3.80. The van der Waals surface area contributed by atoms with Gasteiger partial charge in [-0.05, 0) is 12.8 Å². The summed E-state index contributed by atoms with van der Waals surface area (Å²) < 4.78 is 0. The van der Waals surface area contributed by atoms with Crippen molar-refractivity contribution in [3.8, 4) is 0 Å². The predicted molar refractivity (Wildman–Crippen MR) is 60.5 cm³/mol. The van der Waals surface area contributed by atoms with Gasteiger partial charge in [0.05, 0.1) is 0 Å². The average molecular weight is 214 g/mol. The summed E-state index contributed by atoms with van der Waals surface area (Å²) in [6.45, 7) is 7.44. The summed E-state index contributed by atoms with van der Waals surface area (Å²) >= 11 is 0. The van der Waals surface area contributed by atoms with Crippen LogP contribution in [0.4, 0.5) is 0 Å². The molecule has 2 amide bonds. The van der Waals surface area contributed by atoms with Crippen LogP contribution in [0.1, 0.15) is 33.6 Å². The molecule has 0 rings (SSSR count). The molecule has 0 aromatic heterocycles. The molecular formula is C11H22N2O2. The smallest absolute Gasteiger partial charge is 0.219 e. The lowest BCUT2D eigenvalue weighted by molar-refractivity contribution is -0.129. The Balaban J connectivity index is 3.80. The van der Waals surface area contributed by atoms with E-state index in [4.69, 9.17) is 0 Å². The monoisotopic (exact) mass is 214 g/mol. The molecule has 0 aromatic carbocycles. The zero-order valence-electron chi connectivity index (χ0n) is 10.2. The van der Waals surface area contributed by atoms with E-state index in [0.717, 1.165) is 25.9 Å². The van der Waals surface area contributed by atoms with Crippen LogP contribution in [0.5, 0.6) is 0 Å². The van der Waals surface area contributed by atoms with Crippen LogP contribution in [0, 0.1) is 0 Å². The molecule has 15 heavy (non-hydrogen) atoms. The summed E-state index contributed by atoms with van der Waals surface area (Å²) in [5.74, 6) is 0.183. The Morgan fingerprint density at radius 2 is 1.60 bits per heavy atom. The molecule has 0 heterocycles. The molecule has 4 nitrogen and oxygen atoms in total. The van der Waals surface area contributed by atoms with Gasteiger partial charge in [0.1, 0.15) is 0 Å². The van der Waals surface area contributed by atoms with Gasteiger partial charge in [0, 0.05) is 40.5 Å². The summed E-state index contributed by atoms with van der Waals surface area (Å²) in [7, 11) is 1.78. The normalized spacial score (nSPS) is 9.87. The number of carbonyl (C=O) groups is 2. The van der Waals surface area contributed by atoms with Gasteiger partial charge in [0.2, 0.25) is 11.8 Å². The van der Waals surface area contributed by atoms with E-state index >= 15 is 0 Å². The number of hydrogen-bond acceptors (Lipinski definition) is 2. The highest BCUT2D eigenvalue weighted by molar-refractivity contribution is 5.73. The summed E-state index contributed by atoms with van der Waals surface area (Å²) in [5, 5.41) is 0. The van der Waals surface area contributed by atoms with Crippen molar-refractivity contribution in [1.82, 2.24) is 9.80 Å². The van der Waals surface area contributed by atoms with Gasteiger partial charge in [-0.15, -0.1) is 0 Å². The van der Waals surface area contributed by atoms with E-state index in [1.807, 2.05) is 4.90 Å². The molecule has 4 heteroatoms. The maximum absolute atomic E-state index is 11.2. The second-order valence-corrected chi connectivity index (χ2v) is 3.80. The van der Waals surface area contributed by atoms with Gasteiger partial charge in [-0.3, -0.25) is 9.59 Å². The zero-order valence-corrected chi connectivity index (χ0v) is 10.2. The Bertz CT molecular complexity index is 217. The van der Waals surface area contributed by atoms with E-state index in [-0.39, 0.29) is 11.8 Å². The highest BCUT2D eigenvalue weighted by Gasteiger charge is 2.08. The molecule has 0 aliphatic heterocycles. The van der Waals surface area contributed by atoms with Gasteiger partial charge in [-0.1, -0.05) is 6.92 Å². The minimum Gasteiger partial charge on any atom is -0.346 e. The van der Waals surface area contributed by atoms with Crippen molar-refractivity contribution in [2.75, 3.05) is 26.7 Å². The first-order valence-corrected chi connectivity index (χ1v) is 5.46. The van der Waals surface area contributed by atoms with Gasteiger partial charge in [0.25, 0.3) is 0 Å². The van der Waals surface area contributed by atoms with Crippen LogP contribution < -0.4 is 0 Å². The van der Waals surface area contributed by atoms with Crippen molar-refractivity contribution < 1.29 is 9.59 Å². The van der Waals surface area contributed by atoms with E-state index in [1.54, 1.807) is 25.8 Å². The molecule has 0 fully saturated rings.